The van der Waals surface area contributed by atoms with Crippen LogP contribution < -0.4 is 5.32 Å². The van der Waals surface area contributed by atoms with E-state index in [9.17, 15) is 4.79 Å². The van der Waals surface area contributed by atoms with Crippen LogP contribution in [0.4, 0.5) is 0 Å². The van der Waals surface area contributed by atoms with E-state index in [0.29, 0.717) is 6.42 Å². The number of benzene rings is 1. The molecule has 0 aliphatic heterocycles. The van der Waals surface area contributed by atoms with E-state index in [4.69, 9.17) is 0 Å². The minimum atomic E-state index is 0.0919. The number of amides is 1. The molecule has 0 saturated heterocycles. The molecule has 2 aromatic heterocycles. The molecule has 2 N–H and O–H groups in total. The summed E-state index contributed by atoms with van der Waals surface area (Å²) in [5, 5.41) is 9.12. The van der Waals surface area contributed by atoms with Gasteiger partial charge in [0, 0.05) is 35.3 Å². The van der Waals surface area contributed by atoms with Gasteiger partial charge in [-0.05, 0) is 63.6 Å². The maximum Gasteiger partial charge on any atom is 0.220 e. The third kappa shape index (κ3) is 3.27. The summed E-state index contributed by atoms with van der Waals surface area (Å²) >= 11 is 0. The highest BCUT2D eigenvalue weighted by molar-refractivity contribution is 5.85. The predicted octanol–water partition coefficient (Wildman–Crippen LogP) is 4.13. The van der Waals surface area contributed by atoms with Crippen LogP contribution in [0, 0.1) is 13.8 Å². The topological polar surface area (TPSA) is 62.7 Å². The number of hydrogen-bond donors (Lipinski definition) is 2. The van der Waals surface area contributed by atoms with E-state index >= 15 is 0 Å². The van der Waals surface area contributed by atoms with Crippen molar-refractivity contribution in [3.8, 4) is 0 Å². The quantitative estimate of drug-likeness (QED) is 0.715. The fourth-order valence-electron chi connectivity index (χ4n) is 4.47. The first-order valence-electron chi connectivity index (χ1n) is 10.00. The van der Waals surface area contributed by atoms with Crippen LogP contribution in [0.2, 0.25) is 0 Å². The van der Waals surface area contributed by atoms with Gasteiger partial charge in [-0.25, -0.2) is 0 Å². The summed E-state index contributed by atoms with van der Waals surface area (Å²) in [6, 6.07) is 8.52. The van der Waals surface area contributed by atoms with E-state index in [0.717, 1.165) is 37.9 Å². The number of fused-ring (bicyclic) bond motifs is 3. The van der Waals surface area contributed by atoms with Gasteiger partial charge in [0.25, 0.3) is 0 Å². The second-order valence-corrected chi connectivity index (χ2v) is 7.54. The van der Waals surface area contributed by atoms with Crippen LogP contribution in [0.1, 0.15) is 60.4 Å². The summed E-state index contributed by atoms with van der Waals surface area (Å²) in [6.45, 7) is 7.08. The van der Waals surface area contributed by atoms with Crippen LogP contribution in [-0.4, -0.2) is 20.7 Å². The Bertz CT molecular complexity index is 982. The molecule has 1 aliphatic carbocycles. The van der Waals surface area contributed by atoms with Crippen molar-refractivity contribution < 1.29 is 4.79 Å². The van der Waals surface area contributed by atoms with Crippen molar-refractivity contribution in [3.63, 3.8) is 0 Å². The highest BCUT2D eigenvalue weighted by Crippen LogP contribution is 2.34. The first-order chi connectivity index (χ1) is 13.1. The standard InChI is InChI=1S/C22H28N4O/c1-4-26-15(3)16(14(2)25-26)12-13-21(27)23-20-11-7-9-18-17-8-5-6-10-19(17)24-22(18)20/h5-6,8,10,20,24H,4,7,9,11-13H2,1-3H3,(H,23,27)/t20-/m1/s1. The van der Waals surface area contributed by atoms with Crippen LogP contribution in [0.15, 0.2) is 24.3 Å². The summed E-state index contributed by atoms with van der Waals surface area (Å²) in [6.07, 6.45) is 4.44. The fourth-order valence-corrected chi connectivity index (χ4v) is 4.47. The molecule has 1 aliphatic rings. The Morgan fingerprint density at radius 2 is 2.15 bits per heavy atom. The van der Waals surface area contributed by atoms with Crippen LogP contribution in [0.25, 0.3) is 10.9 Å². The van der Waals surface area contributed by atoms with Gasteiger partial charge in [-0.3, -0.25) is 9.48 Å². The van der Waals surface area contributed by atoms with Gasteiger partial charge in [0.15, 0.2) is 0 Å². The molecule has 5 heteroatoms. The molecule has 0 unspecified atom stereocenters. The molecule has 4 rings (SSSR count). The number of carbonyl (C=O) groups is 1. The number of aromatic amines is 1. The lowest BCUT2D eigenvalue weighted by atomic mass is 9.91. The zero-order valence-corrected chi connectivity index (χ0v) is 16.4. The maximum absolute atomic E-state index is 12.7. The minimum Gasteiger partial charge on any atom is -0.356 e. The number of aryl methyl sites for hydroxylation is 3. The normalized spacial score (nSPS) is 16.5. The molecule has 3 aromatic rings. The lowest BCUT2D eigenvalue weighted by Gasteiger charge is -2.24. The van der Waals surface area contributed by atoms with Gasteiger partial charge in [-0.15, -0.1) is 0 Å². The third-order valence-corrected chi connectivity index (χ3v) is 5.88. The molecule has 2 heterocycles. The number of H-pyrrole nitrogens is 1. The Labute approximate surface area is 160 Å². The second kappa shape index (κ2) is 7.22. The number of para-hydroxylation sites is 1. The average molecular weight is 364 g/mol. The van der Waals surface area contributed by atoms with Crippen LogP contribution in [0.3, 0.4) is 0 Å². The molecule has 27 heavy (non-hydrogen) atoms. The van der Waals surface area contributed by atoms with Gasteiger partial charge in [-0.2, -0.15) is 5.10 Å². The number of rotatable bonds is 5. The van der Waals surface area contributed by atoms with Crippen molar-refractivity contribution in [1.82, 2.24) is 20.1 Å². The first kappa shape index (κ1) is 17.8. The summed E-state index contributed by atoms with van der Waals surface area (Å²) in [4.78, 5) is 16.2. The number of aromatic nitrogens is 3. The SMILES string of the molecule is CCn1nc(C)c(CCC(=O)N[C@@H]2CCCc3c2[nH]c2ccccc32)c1C. The Morgan fingerprint density at radius 3 is 2.93 bits per heavy atom. The van der Waals surface area contributed by atoms with Crippen molar-refractivity contribution in [1.29, 1.82) is 0 Å². The summed E-state index contributed by atoms with van der Waals surface area (Å²) in [5.74, 6) is 0.120. The van der Waals surface area contributed by atoms with Gasteiger partial charge >= 0.3 is 0 Å². The van der Waals surface area contributed by atoms with Gasteiger partial charge in [0.2, 0.25) is 5.91 Å². The van der Waals surface area contributed by atoms with E-state index in [2.05, 4.69) is 53.5 Å². The molecule has 0 fully saturated rings. The van der Waals surface area contributed by atoms with Gasteiger partial charge in [0.05, 0.1) is 11.7 Å². The molecule has 142 valence electrons. The maximum atomic E-state index is 12.7. The summed E-state index contributed by atoms with van der Waals surface area (Å²) in [7, 11) is 0. The zero-order chi connectivity index (χ0) is 19.0. The number of hydrogen-bond acceptors (Lipinski definition) is 2. The highest BCUT2D eigenvalue weighted by Gasteiger charge is 2.25. The molecule has 1 atom stereocenters. The number of nitrogens with one attached hydrogen (secondary N) is 2. The molecule has 5 nitrogen and oxygen atoms in total. The third-order valence-electron chi connectivity index (χ3n) is 5.88. The molecular formula is C22H28N4O. The van der Waals surface area contributed by atoms with Crippen molar-refractivity contribution in [2.45, 2.75) is 65.5 Å². The van der Waals surface area contributed by atoms with E-state index in [1.54, 1.807) is 0 Å². The molecular weight excluding hydrogens is 336 g/mol. The lowest BCUT2D eigenvalue weighted by molar-refractivity contribution is -0.121. The smallest absolute Gasteiger partial charge is 0.220 e. The van der Waals surface area contributed by atoms with E-state index in [1.807, 2.05) is 11.6 Å². The van der Waals surface area contributed by atoms with Crippen LogP contribution in [-0.2, 0) is 24.2 Å². The molecule has 1 aromatic carbocycles. The van der Waals surface area contributed by atoms with Gasteiger partial charge in [0.1, 0.15) is 0 Å². The molecule has 0 bridgehead atoms. The van der Waals surface area contributed by atoms with Crippen molar-refractivity contribution in [2.24, 2.45) is 0 Å². The Kier molecular flexibility index (Phi) is 4.77. The zero-order valence-electron chi connectivity index (χ0n) is 16.4. The molecule has 1 amide bonds. The second-order valence-electron chi connectivity index (χ2n) is 7.54. The fraction of sp³-hybridized carbons (Fsp3) is 0.455. The Hall–Kier alpha value is -2.56. The van der Waals surface area contributed by atoms with Crippen molar-refractivity contribution in [2.75, 3.05) is 0 Å². The van der Waals surface area contributed by atoms with Crippen molar-refractivity contribution >= 4 is 16.8 Å². The average Bonchev–Trinajstić information content (AvgIpc) is 3.18. The lowest BCUT2D eigenvalue weighted by Crippen LogP contribution is -2.31. The molecule has 0 saturated carbocycles. The van der Waals surface area contributed by atoms with E-state index in [-0.39, 0.29) is 11.9 Å². The van der Waals surface area contributed by atoms with Gasteiger partial charge < -0.3 is 10.3 Å². The van der Waals surface area contributed by atoms with E-state index < -0.39 is 0 Å². The van der Waals surface area contributed by atoms with E-state index in [1.165, 1.54) is 33.4 Å². The predicted molar refractivity (Wildman–Crippen MR) is 108 cm³/mol. The largest absolute Gasteiger partial charge is 0.356 e. The molecule has 0 spiro atoms. The highest BCUT2D eigenvalue weighted by atomic mass is 16.1. The summed E-state index contributed by atoms with van der Waals surface area (Å²) in [5.41, 5.74) is 7.17. The van der Waals surface area contributed by atoms with Gasteiger partial charge in [-0.1, -0.05) is 18.2 Å². The number of carbonyl (C=O) groups excluding carboxylic acids is 1. The van der Waals surface area contributed by atoms with Crippen LogP contribution in [0.5, 0.6) is 0 Å². The Morgan fingerprint density at radius 1 is 1.33 bits per heavy atom. The number of nitrogens with zero attached hydrogens (tertiary/aromatic N) is 2. The van der Waals surface area contributed by atoms with Crippen molar-refractivity contribution in [3.05, 3.63) is 52.5 Å². The monoisotopic (exact) mass is 364 g/mol. The Balaban J connectivity index is 1.46. The van der Waals surface area contributed by atoms with Crippen LogP contribution >= 0.6 is 0 Å². The first-order valence-corrected chi connectivity index (χ1v) is 10.00. The minimum absolute atomic E-state index is 0.0919. The molecule has 0 radical (unpaired) electrons. The summed E-state index contributed by atoms with van der Waals surface area (Å²) < 4.78 is 2.01.